The van der Waals surface area contributed by atoms with Crippen LogP contribution in [0.2, 0.25) is 10.0 Å². The van der Waals surface area contributed by atoms with Crippen molar-refractivity contribution in [1.82, 2.24) is 10.9 Å². The average molecular weight is 427 g/mol. The lowest BCUT2D eigenvalue weighted by molar-refractivity contribution is -0.123. The van der Waals surface area contributed by atoms with Crippen molar-refractivity contribution in [3.05, 3.63) is 58.1 Å². The van der Waals surface area contributed by atoms with Gasteiger partial charge in [0.1, 0.15) is 18.1 Å². The highest BCUT2D eigenvalue weighted by molar-refractivity contribution is 6.35. The maximum atomic E-state index is 12.2. The Morgan fingerprint density at radius 1 is 1.00 bits per heavy atom. The molecule has 0 bridgehead atoms. The van der Waals surface area contributed by atoms with Gasteiger partial charge in [0.05, 0.1) is 11.6 Å². The minimum atomic E-state index is -0.552. The summed E-state index contributed by atoms with van der Waals surface area (Å²) < 4.78 is 16.0. The van der Waals surface area contributed by atoms with Crippen molar-refractivity contribution in [1.29, 1.82) is 0 Å². The third kappa shape index (κ3) is 7.26. The fourth-order valence-electron chi connectivity index (χ4n) is 2.06. The van der Waals surface area contributed by atoms with Gasteiger partial charge in [-0.05, 0) is 43.3 Å². The van der Waals surface area contributed by atoms with E-state index < -0.39 is 11.8 Å². The van der Waals surface area contributed by atoms with Crippen LogP contribution in [0, 0.1) is 0 Å². The molecule has 28 heavy (non-hydrogen) atoms. The van der Waals surface area contributed by atoms with Crippen molar-refractivity contribution in [3.8, 4) is 11.5 Å². The summed E-state index contributed by atoms with van der Waals surface area (Å²) in [6.07, 6.45) is 0. The van der Waals surface area contributed by atoms with Crippen LogP contribution in [-0.4, -0.2) is 38.2 Å². The SMILES string of the molecule is CCOCCOc1cccc(C(=O)NNC(=O)COc2ccc(Cl)cc2Cl)c1. The summed E-state index contributed by atoms with van der Waals surface area (Å²) in [5.74, 6) is -0.208. The standard InChI is InChI=1S/C19H20Cl2N2O5/c1-2-26-8-9-27-15-5-3-4-13(10-15)19(25)23-22-18(24)12-28-17-7-6-14(20)11-16(17)21/h3-7,10-11H,2,8-9,12H2,1H3,(H,22,24)(H,23,25). The summed E-state index contributed by atoms with van der Waals surface area (Å²) in [7, 11) is 0. The molecule has 0 spiro atoms. The van der Waals surface area contributed by atoms with Crippen LogP contribution in [0.25, 0.3) is 0 Å². The van der Waals surface area contributed by atoms with Crippen molar-refractivity contribution >= 4 is 35.0 Å². The minimum absolute atomic E-state index is 0.283. The first-order valence-corrected chi connectivity index (χ1v) is 9.23. The number of nitrogens with one attached hydrogen (secondary N) is 2. The van der Waals surface area contributed by atoms with Gasteiger partial charge >= 0.3 is 0 Å². The molecule has 2 N–H and O–H groups in total. The smallest absolute Gasteiger partial charge is 0.276 e. The van der Waals surface area contributed by atoms with Gasteiger partial charge in [0.25, 0.3) is 11.8 Å². The second-order valence-corrected chi connectivity index (χ2v) is 6.28. The summed E-state index contributed by atoms with van der Waals surface area (Å²) in [5.41, 5.74) is 4.91. The van der Waals surface area contributed by atoms with Crippen LogP contribution < -0.4 is 20.3 Å². The summed E-state index contributed by atoms with van der Waals surface area (Å²) >= 11 is 11.8. The molecule has 0 aliphatic rings. The molecule has 0 fully saturated rings. The Morgan fingerprint density at radius 2 is 1.82 bits per heavy atom. The van der Waals surface area contributed by atoms with E-state index in [9.17, 15) is 9.59 Å². The molecule has 0 atom stereocenters. The largest absolute Gasteiger partial charge is 0.491 e. The number of ether oxygens (including phenoxy) is 3. The molecule has 0 aromatic heterocycles. The summed E-state index contributed by atoms with van der Waals surface area (Å²) in [6, 6.07) is 11.2. The molecule has 2 aromatic rings. The van der Waals surface area contributed by atoms with Crippen molar-refractivity contribution in [2.45, 2.75) is 6.92 Å². The van der Waals surface area contributed by atoms with Crippen LogP contribution in [0.15, 0.2) is 42.5 Å². The number of rotatable bonds is 9. The van der Waals surface area contributed by atoms with Crippen LogP contribution in [-0.2, 0) is 9.53 Å². The number of hydrazine groups is 1. The first kappa shape index (κ1) is 21.8. The second-order valence-electron chi connectivity index (χ2n) is 5.44. The van der Waals surface area contributed by atoms with Crippen LogP contribution in [0.5, 0.6) is 11.5 Å². The molecule has 0 heterocycles. The Hall–Kier alpha value is -2.48. The van der Waals surface area contributed by atoms with Crippen molar-refractivity contribution < 1.29 is 23.8 Å². The van der Waals surface area contributed by atoms with E-state index in [0.717, 1.165) is 0 Å². The first-order valence-electron chi connectivity index (χ1n) is 8.47. The molecular weight excluding hydrogens is 407 g/mol. The van der Waals surface area contributed by atoms with Crippen molar-refractivity contribution in [2.75, 3.05) is 26.4 Å². The van der Waals surface area contributed by atoms with E-state index in [-0.39, 0.29) is 11.6 Å². The number of carbonyl (C=O) groups is 2. The highest BCUT2D eigenvalue weighted by Crippen LogP contribution is 2.27. The Kier molecular flexibility index (Phi) is 8.87. The lowest BCUT2D eigenvalue weighted by atomic mass is 10.2. The number of amides is 2. The van der Waals surface area contributed by atoms with Crippen LogP contribution in [0.4, 0.5) is 0 Å². The molecule has 0 unspecified atom stereocenters. The predicted molar refractivity (Wildman–Crippen MR) is 106 cm³/mol. The fraction of sp³-hybridized carbons (Fsp3) is 0.263. The number of hydrogen-bond acceptors (Lipinski definition) is 5. The molecule has 0 radical (unpaired) electrons. The molecule has 2 aromatic carbocycles. The van der Waals surface area contributed by atoms with Crippen molar-refractivity contribution in [3.63, 3.8) is 0 Å². The van der Waals surface area contributed by atoms with Gasteiger partial charge in [-0.25, -0.2) is 0 Å². The van der Waals surface area contributed by atoms with E-state index in [2.05, 4.69) is 10.9 Å². The van der Waals surface area contributed by atoms with E-state index in [1.54, 1.807) is 36.4 Å². The van der Waals surface area contributed by atoms with E-state index in [0.29, 0.717) is 41.9 Å². The molecule has 150 valence electrons. The molecule has 2 rings (SSSR count). The highest BCUT2D eigenvalue weighted by Gasteiger charge is 2.10. The number of carbonyl (C=O) groups excluding carboxylic acids is 2. The van der Waals surface area contributed by atoms with Crippen LogP contribution >= 0.6 is 23.2 Å². The Balaban J connectivity index is 1.78. The van der Waals surface area contributed by atoms with Gasteiger partial charge in [-0.2, -0.15) is 0 Å². The fourth-order valence-corrected chi connectivity index (χ4v) is 2.52. The molecule has 0 aliphatic carbocycles. The number of hydrogen-bond donors (Lipinski definition) is 2. The van der Waals surface area contributed by atoms with E-state index >= 15 is 0 Å². The maximum Gasteiger partial charge on any atom is 0.276 e. The van der Waals surface area contributed by atoms with Gasteiger partial charge in [0.2, 0.25) is 0 Å². The minimum Gasteiger partial charge on any atom is -0.491 e. The molecular formula is C19H20Cl2N2O5. The lowest BCUT2D eigenvalue weighted by Gasteiger charge is -2.11. The van der Waals surface area contributed by atoms with E-state index in [4.69, 9.17) is 37.4 Å². The van der Waals surface area contributed by atoms with Gasteiger partial charge in [-0.3, -0.25) is 20.4 Å². The second kappa shape index (κ2) is 11.4. The van der Waals surface area contributed by atoms with Gasteiger partial charge in [-0.1, -0.05) is 29.3 Å². The molecule has 7 nitrogen and oxygen atoms in total. The topological polar surface area (TPSA) is 85.9 Å². The zero-order valence-corrected chi connectivity index (χ0v) is 16.7. The Labute approximate surface area is 172 Å². The summed E-state index contributed by atoms with van der Waals surface area (Å²) in [5, 5.41) is 0.739. The van der Waals surface area contributed by atoms with Gasteiger partial charge < -0.3 is 14.2 Å². The van der Waals surface area contributed by atoms with Crippen molar-refractivity contribution in [2.24, 2.45) is 0 Å². The molecule has 2 amide bonds. The molecule has 0 saturated carbocycles. The van der Waals surface area contributed by atoms with Crippen LogP contribution in [0.3, 0.4) is 0 Å². The van der Waals surface area contributed by atoms with Gasteiger partial charge in [0.15, 0.2) is 6.61 Å². The third-order valence-electron chi connectivity index (χ3n) is 3.36. The van der Waals surface area contributed by atoms with Gasteiger partial charge in [-0.15, -0.1) is 0 Å². The Bertz CT molecular complexity index is 817. The normalized spacial score (nSPS) is 10.2. The Morgan fingerprint density at radius 3 is 2.57 bits per heavy atom. The predicted octanol–water partition coefficient (Wildman–Crippen LogP) is 3.25. The third-order valence-corrected chi connectivity index (χ3v) is 3.90. The number of benzene rings is 2. The summed E-state index contributed by atoms with van der Waals surface area (Å²) in [4.78, 5) is 24.0. The molecule has 0 saturated heterocycles. The first-order chi connectivity index (χ1) is 13.5. The summed E-state index contributed by atoms with van der Waals surface area (Å²) in [6.45, 7) is 3.01. The van der Waals surface area contributed by atoms with Crippen LogP contribution in [0.1, 0.15) is 17.3 Å². The van der Waals surface area contributed by atoms with E-state index in [1.807, 2.05) is 6.92 Å². The zero-order valence-electron chi connectivity index (χ0n) is 15.2. The monoisotopic (exact) mass is 426 g/mol. The molecule has 0 aliphatic heterocycles. The molecule has 9 heteroatoms. The quantitative estimate of drug-likeness (QED) is 0.474. The average Bonchev–Trinajstić information content (AvgIpc) is 2.69. The van der Waals surface area contributed by atoms with Gasteiger partial charge in [0, 0.05) is 17.2 Å². The zero-order chi connectivity index (χ0) is 20.4. The highest BCUT2D eigenvalue weighted by atomic mass is 35.5. The number of halogens is 2. The maximum absolute atomic E-state index is 12.2. The van der Waals surface area contributed by atoms with E-state index in [1.165, 1.54) is 6.07 Å². The lowest BCUT2D eigenvalue weighted by Crippen LogP contribution is -2.43.